The van der Waals surface area contributed by atoms with Crippen LogP contribution in [0.2, 0.25) is 0 Å². The second kappa shape index (κ2) is 4.89. The molecule has 1 aromatic carbocycles. The predicted molar refractivity (Wildman–Crippen MR) is 86.8 cm³/mol. The Morgan fingerprint density at radius 2 is 1.61 bits per heavy atom. The summed E-state index contributed by atoms with van der Waals surface area (Å²) in [5.74, 6) is -0.730. The molecule has 4 atom stereocenters. The number of halogens is 1. The lowest BCUT2D eigenvalue weighted by Crippen LogP contribution is -2.37. The average molecular weight is 401 g/mol. The van der Waals surface area contributed by atoms with Gasteiger partial charge in [0, 0.05) is 4.48 Å². The van der Waals surface area contributed by atoms with Gasteiger partial charge in [-0.2, -0.15) is 0 Å². The molecule has 2 fully saturated rings. The first-order chi connectivity index (χ1) is 10.7. The van der Waals surface area contributed by atoms with E-state index >= 15 is 0 Å². The Labute approximate surface area is 143 Å². The number of benzene rings is 1. The van der Waals surface area contributed by atoms with Crippen molar-refractivity contribution in [1.82, 2.24) is 0 Å². The Morgan fingerprint density at radius 1 is 1.04 bits per heavy atom. The van der Waals surface area contributed by atoms with Crippen molar-refractivity contribution in [2.45, 2.75) is 55.9 Å². The van der Waals surface area contributed by atoms with E-state index in [9.17, 15) is 8.42 Å². The van der Waals surface area contributed by atoms with E-state index in [1.165, 1.54) is 0 Å². The standard InChI is InChI=1S/C16H17BrO5S/c1-8-4-6-9(7-5-8)23(18,19)15-10(17)11-12-13(14(15)20-11)22-16(2,3)21-12/h4-7,11-14H,1-3H3/t11-,12-,13-,14-/m0/s1. The number of rotatable bonds is 2. The van der Waals surface area contributed by atoms with Gasteiger partial charge in [0.1, 0.15) is 24.4 Å². The van der Waals surface area contributed by atoms with Gasteiger partial charge in [0.25, 0.3) is 0 Å². The van der Waals surface area contributed by atoms with E-state index < -0.39 is 33.9 Å². The van der Waals surface area contributed by atoms with Crippen molar-refractivity contribution in [1.29, 1.82) is 0 Å². The highest BCUT2D eigenvalue weighted by Crippen LogP contribution is 2.52. The Morgan fingerprint density at radius 3 is 2.22 bits per heavy atom. The molecule has 0 radical (unpaired) electrons. The highest BCUT2D eigenvalue weighted by molar-refractivity contribution is 9.11. The highest BCUT2D eigenvalue weighted by Gasteiger charge is 2.63. The molecule has 2 bridgehead atoms. The first-order valence-electron chi connectivity index (χ1n) is 7.43. The Kier molecular flexibility index (Phi) is 3.36. The molecule has 124 valence electrons. The highest BCUT2D eigenvalue weighted by atomic mass is 79.9. The number of fused-ring (bicyclic) bond motifs is 5. The molecule has 3 heterocycles. The van der Waals surface area contributed by atoms with Gasteiger partial charge in [-0.25, -0.2) is 8.42 Å². The second-order valence-corrected chi connectivity index (χ2v) is 9.34. The molecular weight excluding hydrogens is 384 g/mol. The quantitative estimate of drug-likeness (QED) is 0.763. The van der Waals surface area contributed by atoms with Gasteiger partial charge < -0.3 is 14.2 Å². The number of ether oxygens (including phenoxy) is 3. The summed E-state index contributed by atoms with van der Waals surface area (Å²) in [6.07, 6.45) is -1.73. The van der Waals surface area contributed by atoms with Gasteiger partial charge in [-0.1, -0.05) is 33.6 Å². The van der Waals surface area contributed by atoms with E-state index in [0.717, 1.165) is 5.56 Å². The van der Waals surface area contributed by atoms with Crippen molar-refractivity contribution < 1.29 is 22.6 Å². The first kappa shape index (κ1) is 15.8. The molecule has 4 rings (SSSR count). The molecule has 2 saturated heterocycles. The van der Waals surface area contributed by atoms with Crippen LogP contribution in [0.5, 0.6) is 0 Å². The maximum atomic E-state index is 13.0. The zero-order valence-electron chi connectivity index (χ0n) is 12.9. The van der Waals surface area contributed by atoms with Crippen LogP contribution < -0.4 is 0 Å². The van der Waals surface area contributed by atoms with Crippen LogP contribution >= 0.6 is 15.9 Å². The minimum atomic E-state index is -3.64. The molecular formula is C16H17BrO5S. The monoisotopic (exact) mass is 400 g/mol. The molecule has 0 amide bonds. The van der Waals surface area contributed by atoms with E-state index in [1.807, 2.05) is 20.8 Å². The van der Waals surface area contributed by atoms with Crippen LogP contribution in [0.15, 0.2) is 38.5 Å². The van der Waals surface area contributed by atoms with Crippen LogP contribution in [0.3, 0.4) is 0 Å². The van der Waals surface area contributed by atoms with Gasteiger partial charge >= 0.3 is 0 Å². The van der Waals surface area contributed by atoms with Gasteiger partial charge in [-0.05, 0) is 32.9 Å². The molecule has 5 nitrogen and oxygen atoms in total. The molecule has 0 aliphatic carbocycles. The fourth-order valence-electron chi connectivity index (χ4n) is 3.42. The molecule has 7 heteroatoms. The first-order valence-corrected chi connectivity index (χ1v) is 9.71. The minimum absolute atomic E-state index is 0.258. The van der Waals surface area contributed by atoms with Crippen LogP contribution in [0, 0.1) is 6.92 Å². The molecule has 0 unspecified atom stereocenters. The van der Waals surface area contributed by atoms with E-state index in [0.29, 0.717) is 4.48 Å². The molecule has 0 aromatic heterocycles. The lowest BCUT2D eigenvalue weighted by Gasteiger charge is -2.22. The third kappa shape index (κ3) is 2.25. The van der Waals surface area contributed by atoms with Crippen molar-refractivity contribution in [2.75, 3.05) is 0 Å². The number of hydrogen-bond donors (Lipinski definition) is 0. The molecule has 0 saturated carbocycles. The minimum Gasteiger partial charge on any atom is -0.359 e. The summed E-state index contributed by atoms with van der Waals surface area (Å²) in [5.41, 5.74) is 1.01. The summed E-state index contributed by atoms with van der Waals surface area (Å²) in [6, 6.07) is 6.82. The maximum Gasteiger partial charge on any atom is 0.206 e. The zero-order valence-corrected chi connectivity index (χ0v) is 15.3. The smallest absolute Gasteiger partial charge is 0.206 e. The molecule has 1 aromatic rings. The fraction of sp³-hybridized carbons (Fsp3) is 0.500. The van der Waals surface area contributed by atoms with Crippen molar-refractivity contribution >= 4 is 25.8 Å². The van der Waals surface area contributed by atoms with Gasteiger partial charge in [0.05, 0.1) is 9.80 Å². The summed E-state index contributed by atoms with van der Waals surface area (Å²) >= 11 is 3.42. The lowest BCUT2D eigenvalue weighted by atomic mass is 10.0. The number of aryl methyl sites for hydroxylation is 1. The Balaban J connectivity index is 1.76. The maximum absolute atomic E-state index is 13.0. The molecule has 23 heavy (non-hydrogen) atoms. The zero-order chi connectivity index (χ0) is 16.6. The summed E-state index contributed by atoms with van der Waals surface area (Å²) in [5, 5.41) is 0. The summed E-state index contributed by atoms with van der Waals surface area (Å²) in [7, 11) is -3.64. The van der Waals surface area contributed by atoms with E-state index in [2.05, 4.69) is 15.9 Å². The summed E-state index contributed by atoms with van der Waals surface area (Å²) < 4.78 is 44.2. The third-order valence-electron chi connectivity index (χ3n) is 4.42. The lowest BCUT2D eigenvalue weighted by molar-refractivity contribution is -0.175. The van der Waals surface area contributed by atoms with Crippen molar-refractivity contribution in [3.8, 4) is 0 Å². The number of hydrogen-bond acceptors (Lipinski definition) is 5. The normalized spacial score (nSPS) is 35.0. The fourth-order valence-corrected chi connectivity index (χ4v) is 6.27. The van der Waals surface area contributed by atoms with Gasteiger partial charge in [-0.3, -0.25) is 0 Å². The van der Waals surface area contributed by atoms with Gasteiger partial charge in [0.15, 0.2) is 5.79 Å². The van der Waals surface area contributed by atoms with E-state index in [-0.39, 0.29) is 15.9 Å². The Bertz CT molecular complexity index is 796. The number of sulfone groups is 1. The van der Waals surface area contributed by atoms with Crippen LogP contribution in [0.4, 0.5) is 0 Å². The van der Waals surface area contributed by atoms with Crippen molar-refractivity contribution in [3.63, 3.8) is 0 Å². The third-order valence-corrected chi connectivity index (χ3v) is 7.48. The van der Waals surface area contributed by atoms with Crippen LogP contribution in [-0.2, 0) is 24.0 Å². The van der Waals surface area contributed by atoms with Crippen LogP contribution in [0.1, 0.15) is 19.4 Å². The molecule has 0 N–H and O–H groups in total. The van der Waals surface area contributed by atoms with Gasteiger partial charge in [-0.15, -0.1) is 0 Å². The van der Waals surface area contributed by atoms with Crippen LogP contribution in [-0.4, -0.2) is 38.6 Å². The van der Waals surface area contributed by atoms with E-state index in [1.54, 1.807) is 24.3 Å². The summed E-state index contributed by atoms with van der Waals surface area (Å²) in [6.45, 7) is 5.57. The van der Waals surface area contributed by atoms with Crippen molar-refractivity contribution in [2.24, 2.45) is 0 Å². The average Bonchev–Trinajstić information content (AvgIpc) is 3.05. The van der Waals surface area contributed by atoms with Crippen LogP contribution in [0.25, 0.3) is 0 Å². The van der Waals surface area contributed by atoms with Gasteiger partial charge in [0.2, 0.25) is 9.84 Å². The molecule has 0 spiro atoms. The topological polar surface area (TPSA) is 61.8 Å². The second-order valence-electron chi connectivity index (χ2n) is 6.57. The predicted octanol–water partition coefficient (Wildman–Crippen LogP) is 2.68. The van der Waals surface area contributed by atoms with E-state index in [4.69, 9.17) is 14.2 Å². The van der Waals surface area contributed by atoms with Crippen molar-refractivity contribution in [3.05, 3.63) is 39.2 Å². The Hall–Kier alpha value is -0.730. The molecule has 3 aliphatic rings. The molecule has 3 aliphatic heterocycles. The largest absolute Gasteiger partial charge is 0.359 e. The summed E-state index contributed by atoms with van der Waals surface area (Å²) in [4.78, 5) is 0.523. The SMILES string of the molecule is Cc1ccc(S(=O)(=O)C2=C(Br)[C@@H]3O[C@H]2[C@H]2OC(C)(C)O[C@H]23)cc1.